The summed E-state index contributed by atoms with van der Waals surface area (Å²) in [6.07, 6.45) is 1.85. The summed E-state index contributed by atoms with van der Waals surface area (Å²) >= 11 is 2.97. The van der Waals surface area contributed by atoms with Crippen molar-refractivity contribution in [3.05, 3.63) is 46.6 Å². The van der Waals surface area contributed by atoms with Crippen LogP contribution in [0.1, 0.15) is 0 Å². The molecule has 0 bridgehead atoms. The van der Waals surface area contributed by atoms with Crippen LogP contribution in [0.4, 0.5) is 5.69 Å². The van der Waals surface area contributed by atoms with Crippen LogP contribution in [0.3, 0.4) is 0 Å². The molecule has 0 aliphatic heterocycles. The molecular formula is C11H7N3O2S2. The first-order chi connectivity index (χ1) is 8.72. The van der Waals surface area contributed by atoms with E-state index < -0.39 is 4.92 Å². The molecule has 0 saturated carbocycles. The molecule has 1 aromatic carbocycles. The molecule has 0 aliphatic carbocycles. The lowest BCUT2D eigenvalue weighted by atomic mass is 10.3. The van der Waals surface area contributed by atoms with Crippen LogP contribution in [0.5, 0.6) is 0 Å². The molecule has 0 aliphatic rings. The zero-order valence-corrected chi connectivity index (χ0v) is 10.6. The van der Waals surface area contributed by atoms with E-state index in [2.05, 4.69) is 9.97 Å². The van der Waals surface area contributed by atoms with Gasteiger partial charge in [0, 0.05) is 18.3 Å². The number of nitrogens with zero attached hydrogens (tertiary/aromatic N) is 2. The molecule has 3 rings (SSSR count). The van der Waals surface area contributed by atoms with Crippen LogP contribution in [0.25, 0.3) is 10.2 Å². The van der Waals surface area contributed by atoms with Crippen LogP contribution in [-0.4, -0.2) is 14.9 Å². The van der Waals surface area contributed by atoms with Gasteiger partial charge in [0.05, 0.1) is 20.2 Å². The van der Waals surface area contributed by atoms with Gasteiger partial charge in [-0.25, -0.2) is 4.98 Å². The van der Waals surface area contributed by atoms with Crippen LogP contribution in [-0.2, 0) is 0 Å². The standard InChI is InChI=1S/C11H7N3O2S2/c15-14(16)7-3-4-8-9(6-7)17-11(13-8)18-10-2-1-5-12-10/h1-6,12H. The molecule has 5 nitrogen and oxygen atoms in total. The number of non-ortho nitro benzene ring substituents is 1. The molecule has 0 fully saturated rings. The molecule has 7 heteroatoms. The summed E-state index contributed by atoms with van der Waals surface area (Å²) in [5, 5.41) is 11.7. The van der Waals surface area contributed by atoms with Crippen molar-refractivity contribution in [2.45, 2.75) is 9.37 Å². The number of aromatic amines is 1. The maximum Gasteiger partial charge on any atom is 0.270 e. The summed E-state index contributed by atoms with van der Waals surface area (Å²) < 4.78 is 1.70. The van der Waals surface area contributed by atoms with Gasteiger partial charge in [-0.3, -0.25) is 10.1 Å². The van der Waals surface area contributed by atoms with E-state index in [4.69, 9.17) is 0 Å². The summed E-state index contributed by atoms with van der Waals surface area (Å²) in [5.74, 6) is 0. The third-order valence-electron chi connectivity index (χ3n) is 2.33. The van der Waals surface area contributed by atoms with Gasteiger partial charge >= 0.3 is 0 Å². The van der Waals surface area contributed by atoms with Gasteiger partial charge in [-0.15, -0.1) is 11.3 Å². The van der Waals surface area contributed by atoms with Gasteiger partial charge in [0.2, 0.25) is 0 Å². The summed E-state index contributed by atoms with van der Waals surface area (Å²) in [6, 6.07) is 8.60. The maximum atomic E-state index is 10.7. The topological polar surface area (TPSA) is 71.8 Å². The summed E-state index contributed by atoms with van der Waals surface area (Å²) in [7, 11) is 0. The van der Waals surface area contributed by atoms with Crippen molar-refractivity contribution >= 4 is 39.0 Å². The average Bonchev–Trinajstić information content (AvgIpc) is 2.96. The maximum absolute atomic E-state index is 10.7. The van der Waals surface area contributed by atoms with Crippen LogP contribution < -0.4 is 0 Å². The van der Waals surface area contributed by atoms with E-state index >= 15 is 0 Å². The lowest BCUT2D eigenvalue weighted by molar-refractivity contribution is -0.384. The zero-order chi connectivity index (χ0) is 12.5. The number of hydrogen-bond donors (Lipinski definition) is 1. The summed E-state index contributed by atoms with van der Waals surface area (Å²) in [5.41, 5.74) is 0.891. The Hall–Kier alpha value is -1.86. The first-order valence-electron chi connectivity index (χ1n) is 5.08. The van der Waals surface area contributed by atoms with Gasteiger partial charge in [-0.05, 0) is 30.0 Å². The van der Waals surface area contributed by atoms with Crippen LogP contribution in [0.2, 0.25) is 0 Å². The molecular weight excluding hydrogens is 270 g/mol. The van der Waals surface area contributed by atoms with Gasteiger partial charge in [0.1, 0.15) is 0 Å². The zero-order valence-electron chi connectivity index (χ0n) is 8.99. The van der Waals surface area contributed by atoms with Crippen LogP contribution in [0, 0.1) is 10.1 Å². The summed E-state index contributed by atoms with van der Waals surface area (Å²) in [6.45, 7) is 0. The largest absolute Gasteiger partial charge is 0.356 e. The SMILES string of the molecule is O=[N+]([O-])c1ccc2nc(Sc3ccc[nH]3)sc2c1. The van der Waals surface area contributed by atoms with Crippen molar-refractivity contribution in [3.63, 3.8) is 0 Å². The van der Waals surface area contributed by atoms with Crippen molar-refractivity contribution in [2.75, 3.05) is 0 Å². The number of thiazole rings is 1. The smallest absolute Gasteiger partial charge is 0.270 e. The number of hydrogen-bond acceptors (Lipinski definition) is 5. The molecule has 0 spiro atoms. The molecule has 3 aromatic rings. The Bertz CT molecular complexity index is 706. The second-order valence-corrected chi connectivity index (χ2v) is 5.85. The molecule has 0 radical (unpaired) electrons. The Balaban J connectivity index is 1.98. The Morgan fingerprint density at radius 1 is 1.39 bits per heavy atom. The lowest BCUT2D eigenvalue weighted by Gasteiger charge is -1.89. The number of H-pyrrole nitrogens is 1. The third-order valence-corrected chi connectivity index (χ3v) is 4.38. The van der Waals surface area contributed by atoms with E-state index in [1.165, 1.54) is 29.2 Å². The van der Waals surface area contributed by atoms with Gasteiger partial charge in [-0.2, -0.15) is 0 Å². The van der Waals surface area contributed by atoms with Crippen LogP contribution in [0.15, 0.2) is 45.9 Å². The molecule has 0 unspecified atom stereocenters. The quantitative estimate of drug-likeness (QED) is 0.585. The molecule has 0 amide bonds. The van der Waals surface area contributed by atoms with Crippen LogP contribution >= 0.6 is 23.1 Å². The lowest BCUT2D eigenvalue weighted by Crippen LogP contribution is -1.85. The highest BCUT2D eigenvalue weighted by Crippen LogP contribution is 2.34. The van der Waals surface area contributed by atoms with Gasteiger partial charge < -0.3 is 4.98 Å². The monoisotopic (exact) mass is 277 g/mol. The molecule has 18 heavy (non-hydrogen) atoms. The molecule has 2 aromatic heterocycles. The van der Waals surface area contributed by atoms with Crippen molar-refractivity contribution in [1.29, 1.82) is 0 Å². The number of rotatable bonds is 3. The highest BCUT2D eigenvalue weighted by Gasteiger charge is 2.11. The molecule has 0 atom stereocenters. The molecule has 2 heterocycles. The number of nitrogens with one attached hydrogen (secondary N) is 1. The Kier molecular flexibility index (Phi) is 2.77. The van der Waals surface area contributed by atoms with Gasteiger partial charge in [0.25, 0.3) is 5.69 Å². The number of benzene rings is 1. The predicted molar refractivity (Wildman–Crippen MR) is 71.2 cm³/mol. The highest BCUT2D eigenvalue weighted by molar-refractivity contribution is 8.01. The number of nitro benzene ring substituents is 1. The minimum absolute atomic E-state index is 0.0996. The van der Waals surface area contributed by atoms with Gasteiger partial charge in [-0.1, -0.05) is 0 Å². The predicted octanol–water partition coefficient (Wildman–Crippen LogP) is 3.68. The fraction of sp³-hybridized carbons (Fsp3) is 0. The minimum atomic E-state index is -0.392. The fourth-order valence-corrected chi connectivity index (χ4v) is 3.56. The minimum Gasteiger partial charge on any atom is -0.356 e. The number of nitro groups is 1. The van der Waals surface area contributed by atoms with Crippen molar-refractivity contribution in [1.82, 2.24) is 9.97 Å². The van der Waals surface area contributed by atoms with Gasteiger partial charge in [0.15, 0.2) is 4.34 Å². The molecule has 90 valence electrons. The van der Waals surface area contributed by atoms with Crippen molar-refractivity contribution in [2.24, 2.45) is 0 Å². The average molecular weight is 277 g/mol. The van der Waals surface area contributed by atoms with E-state index in [1.54, 1.807) is 12.1 Å². The normalized spacial score (nSPS) is 10.9. The Morgan fingerprint density at radius 2 is 2.28 bits per heavy atom. The van der Waals surface area contributed by atoms with E-state index in [-0.39, 0.29) is 5.69 Å². The third kappa shape index (κ3) is 2.09. The van der Waals surface area contributed by atoms with Crippen molar-refractivity contribution in [3.8, 4) is 0 Å². The second kappa shape index (κ2) is 4.43. The van der Waals surface area contributed by atoms with Crippen molar-refractivity contribution < 1.29 is 4.92 Å². The highest BCUT2D eigenvalue weighted by atomic mass is 32.2. The summed E-state index contributed by atoms with van der Waals surface area (Å²) in [4.78, 5) is 17.8. The Morgan fingerprint density at radius 3 is 3.00 bits per heavy atom. The molecule has 1 N–H and O–H groups in total. The first-order valence-corrected chi connectivity index (χ1v) is 6.72. The van der Waals surface area contributed by atoms with E-state index in [9.17, 15) is 10.1 Å². The molecule has 0 saturated heterocycles. The first kappa shape index (κ1) is 11.2. The second-order valence-electron chi connectivity index (χ2n) is 3.53. The Labute approximate surface area is 110 Å². The van der Waals surface area contributed by atoms with E-state index in [0.29, 0.717) is 0 Å². The van der Waals surface area contributed by atoms with E-state index in [1.807, 2.05) is 18.3 Å². The number of fused-ring (bicyclic) bond motifs is 1. The number of aromatic nitrogens is 2. The van der Waals surface area contributed by atoms with E-state index in [0.717, 1.165) is 19.6 Å². The fourth-order valence-electron chi connectivity index (χ4n) is 1.52.